The molecule has 0 aliphatic heterocycles. The molecule has 3 aromatic carbocycles. The average molecular weight is 388 g/mol. The maximum Gasteiger partial charge on any atom is 0.229 e. The van der Waals surface area contributed by atoms with Crippen LogP contribution in [-0.4, -0.2) is 18.4 Å². The molecule has 0 saturated carbocycles. The van der Waals surface area contributed by atoms with E-state index >= 15 is 0 Å². The summed E-state index contributed by atoms with van der Waals surface area (Å²) in [6.07, 6.45) is 1.90. The Morgan fingerprint density at radius 3 is 2.66 bits per heavy atom. The van der Waals surface area contributed by atoms with Crippen molar-refractivity contribution in [3.8, 4) is 5.75 Å². The lowest BCUT2D eigenvalue weighted by atomic mass is 10.0. The molecule has 6 nitrogen and oxygen atoms in total. The van der Waals surface area contributed by atoms with E-state index in [0.29, 0.717) is 11.4 Å². The van der Waals surface area contributed by atoms with E-state index in [1.165, 1.54) is 0 Å². The SMILES string of the molecule is NC(=O)CCOc1ccccc1NC(=O)Cc1coc2ccc3ccccc3c12. The number of primary amides is 1. The summed E-state index contributed by atoms with van der Waals surface area (Å²) in [5.74, 6) is -0.137. The zero-order chi connectivity index (χ0) is 20.2. The fourth-order valence-corrected chi connectivity index (χ4v) is 3.33. The third-order valence-electron chi connectivity index (χ3n) is 4.66. The van der Waals surface area contributed by atoms with Crippen LogP contribution in [-0.2, 0) is 16.0 Å². The van der Waals surface area contributed by atoms with E-state index in [-0.39, 0.29) is 25.4 Å². The zero-order valence-corrected chi connectivity index (χ0v) is 15.7. The number of furan rings is 1. The molecular weight excluding hydrogens is 368 g/mol. The van der Waals surface area contributed by atoms with Crippen LogP contribution in [0, 0.1) is 0 Å². The van der Waals surface area contributed by atoms with Gasteiger partial charge in [0.15, 0.2) is 0 Å². The van der Waals surface area contributed by atoms with E-state index in [4.69, 9.17) is 14.9 Å². The molecule has 0 unspecified atom stereocenters. The summed E-state index contributed by atoms with van der Waals surface area (Å²) in [6, 6.07) is 19.0. The van der Waals surface area contributed by atoms with Crippen molar-refractivity contribution in [3.63, 3.8) is 0 Å². The predicted octanol–water partition coefficient (Wildman–Crippen LogP) is 4.02. The van der Waals surface area contributed by atoms with Gasteiger partial charge < -0.3 is 20.2 Å². The Bertz CT molecular complexity index is 1200. The quantitative estimate of drug-likeness (QED) is 0.500. The van der Waals surface area contributed by atoms with Crippen LogP contribution >= 0.6 is 0 Å². The van der Waals surface area contributed by atoms with Gasteiger partial charge in [0, 0.05) is 10.9 Å². The molecule has 0 aliphatic carbocycles. The van der Waals surface area contributed by atoms with Crippen LogP contribution in [0.4, 0.5) is 5.69 Å². The van der Waals surface area contributed by atoms with Crippen molar-refractivity contribution < 1.29 is 18.7 Å². The summed E-state index contributed by atoms with van der Waals surface area (Å²) in [7, 11) is 0. The number of carbonyl (C=O) groups is 2. The number of carbonyl (C=O) groups excluding carboxylic acids is 2. The van der Waals surface area contributed by atoms with Crippen LogP contribution in [0.5, 0.6) is 5.75 Å². The van der Waals surface area contributed by atoms with Crippen molar-refractivity contribution in [1.82, 2.24) is 0 Å². The van der Waals surface area contributed by atoms with Crippen molar-refractivity contribution in [2.24, 2.45) is 5.73 Å². The van der Waals surface area contributed by atoms with Crippen molar-refractivity contribution >= 4 is 39.2 Å². The predicted molar refractivity (Wildman–Crippen MR) is 112 cm³/mol. The first-order valence-electron chi connectivity index (χ1n) is 9.29. The smallest absolute Gasteiger partial charge is 0.229 e. The van der Waals surface area contributed by atoms with E-state index in [1.807, 2.05) is 36.4 Å². The first-order valence-corrected chi connectivity index (χ1v) is 9.29. The Labute approximate surface area is 167 Å². The molecule has 0 radical (unpaired) electrons. The van der Waals surface area contributed by atoms with E-state index < -0.39 is 5.91 Å². The minimum Gasteiger partial charge on any atom is -0.491 e. The second kappa shape index (κ2) is 8.06. The molecule has 2 amide bonds. The number of anilines is 1. The monoisotopic (exact) mass is 388 g/mol. The molecule has 146 valence electrons. The fourth-order valence-electron chi connectivity index (χ4n) is 3.33. The number of hydrogen-bond acceptors (Lipinski definition) is 4. The summed E-state index contributed by atoms with van der Waals surface area (Å²) in [5, 5.41) is 5.97. The summed E-state index contributed by atoms with van der Waals surface area (Å²) in [6.45, 7) is 0.153. The number of hydrogen-bond donors (Lipinski definition) is 2. The van der Waals surface area contributed by atoms with Gasteiger partial charge in [-0.2, -0.15) is 0 Å². The number of benzene rings is 3. The maximum atomic E-state index is 12.7. The van der Waals surface area contributed by atoms with E-state index in [2.05, 4.69) is 5.32 Å². The summed E-state index contributed by atoms with van der Waals surface area (Å²) in [5.41, 5.74) is 7.25. The fraction of sp³-hybridized carbons (Fsp3) is 0.130. The van der Waals surface area contributed by atoms with E-state index in [0.717, 1.165) is 27.3 Å². The molecule has 1 heterocycles. The number of amides is 2. The molecule has 0 saturated heterocycles. The van der Waals surface area contributed by atoms with Crippen molar-refractivity contribution in [2.75, 3.05) is 11.9 Å². The molecule has 0 bridgehead atoms. The number of nitrogens with two attached hydrogens (primary N) is 1. The highest BCUT2D eigenvalue weighted by molar-refractivity contribution is 6.09. The van der Waals surface area contributed by atoms with Gasteiger partial charge >= 0.3 is 0 Å². The lowest BCUT2D eigenvalue weighted by Gasteiger charge is -2.12. The number of fused-ring (bicyclic) bond motifs is 3. The Morgan fingerprint density at radius 1 is 1.00 bits per heavy atom. The minimum atomic E-state index is -0.439. The molecule has 6 heteroatoms. The molecule has 0 atom stereocenters. The molecule has 29 heavy (non-hydrogen) atoms. The third-order valence-corrected chi connectivity index (χ3v) is 4.66. The first kappa shape index (κ1) is 18.6. The van der Waals surface area contributed by atoms with E-state index in [1.54, 1.807) is 30.5 Å². The highest BCUT2D eigenvalue weighted by atomic mass is 16.5. The lowest BCUT2D eigenvalue weighted by molar-refractivity contribution is -0.118. The van der Waals surface area contributed by atoms with Crippen LogP contribution in [0.15, 0.2) is 71.3 Å². The molecule has 4 rings (SSSR count). The van der Waals surface area contributed by atoms with Gasteiger partial charge in [-0.25, -0.2) is 0 Å². The topological polar surface area (TPSA) is 94.6 Å². The van der Waals surface area contributed by atoms with Crippen molar-refractivity contribution in [1.29, 1.82) is 0 Å². The number of nitrogens with one attached hydrogen (secondary N) is 1. The van der Waals surface area contributed by atoms with Crippen LogP contribution in [0.25, 0.3) is 21.7 Å². The summed E-state index contributed by atoms with van der Waals surface area (Å²) < 4.78 is 11.2. The first-order chi connectivity index (χ1) is 14.1. The third kappa shape index (κ3) is 4.06. The zero-order valence-electron chi connectivity index (χ0n) is 15.7. The molecular formula is C23H20N2O4. The van der Waals surface area contributed by atoms with Crippen LogP contribution in [0.1, 0.15) is 12.0 Å². The van der Waals surface area contributed by atoms with Gasteiger partial charge in [0.05, 0.1) is 31.4 Å². The van der Waals surface area contributed by atoms with Gasteiger partial charge in [0.25, 0.3) is 0 Å². The highest BCUT2D eigenvalue weighted by Gasteiger charge is 2.14. The number of rotatable bonds is 7. The van der Waals surface area contributed by atoms with Gasteiger partial charge in [0.1, 0.15) is 11.3 Å². The normalized spacial score (nSPS) is 10.9. The largest absolute Gasteiger partial charge is 0.491 e. The minimum absolute atomic E-state index is 0.108. The number of para-hydroxylation sites is 2. The molecule has 0 fully saturated rings. The van der Waals surface area contributed by atoms with Gasteiger partial charge in [0.2, 0.25) is 11.8 Å². The maximum absolute atomic E-state index is 12.7. The molecule has 0 aliphatic rings. The number of ether oxygens (including phenoxy) is 1. The summed E-state index contributed by atoms with van der Waals surface area (Å²) >= 11 is 0. The molecule has 0 spiro atoms. The summed E-state index contributed by atoms with van der Waals surface area (Å²) in [4.78, 5) is 23.6. The second-order valence-corrected chi connectivity index (χ2v) is 6.71. The molecule has 4 aromatic rings. The Balaban J connectivity index is 1.54. The van der Waals surface area contributed by atoms with Gasteiger partial charge in [-0.1, -0.05) is 42.5 Å². The van der Waals surface area contributed by atoms with Gasteiger partial charge in [-0.05, 0) is 29.0 Å². The molecule has 3 N–H and O–H groups in total. The van der Waals surface area contributed by atoms with Crippen LogP contribution < -0.4 is 15.8 Å². The average Bonchev–Trinajstić information content (AvgIpc) is 3.12. The lowest BCUT2D eigenvalue weighted by Crippen LogP contribution is -2.17. The van der Waals surface area contributed by atoms with Crippen LogP contribution in [0.3, 0.4) is 0 Å². The van der Waals surface area contributed by atoms with Gasteiger partial charge in [-0.15, -0.1) is 0 Å². The van der Waals surface area contributed by atoms with Gasteiger partial charge in [-0.3, -0.25) is 9.59 Å². The van der Waals surface area contributed by atoms with Crippen molar-refractivity contribution in [3.05, 3.63) is 72.5 Å². The van der Waals surface area contributed by atoms with E-state index in [9.17, 15) is 9.59 Å². The Kier molecular flexibility index (Phi) is 5.16. The Hall–Kier alpha value is -3.80. The van der Waals surface area contributed by atoms with Crippen LogP contribution in [0.2, 0.25) is 0 Å². The Morgan fingerprint density at radius 2 is 1.79 bits per heavy atom. The highest BCUT2D eigenvalue weighted by Crippen LogP contribution is 2.30. The standard InChI is InChI=1S/C23H20N2O4/c24-21(26)11-12-28-19-8-4-3-7-18(19)25-22(27)13-16-14-29-20-10-9-15-5-1-2-6-17(15)23(16)20/h1-10,14H,11-13H2,(H2,24,26)(H,25,27). The van der Waals surface area contributed by atoms with Crippen molar-refractivity contribution in [2.45, 2.75) is 12.8 Å². The second-order valence-electron chi connectivity index (χ2n) is 6.71. The molecule has 1 aromatic heterocycles.